The zero-order chi connectivity index (χ0) is 19.1. The van der Waals surface area contributed by atoms with Gasteiger partial charge in [0, 0.05) is 22.1 Å². The summed E-state index contributed by atoms with van der Waals surface area (Å²) < 4.78 is 0. The molecule has 1 amide bonds. The second-order valence-electron chi connectivity index (χ2n) is 5.41. The number of thiazole rings is 1. The van der Waals surface area contributed by atoms with Gasteiger partial charge in [-0.1, -0.05) is 66.5 Å². The van der Waals surface area contributed by atoms with Crippen molar-refractivity contribution in [3.8, 4) is 23.1 Å². The number of nitrogens with one attached hydrogen (secondary N) is 2. The van der Waals surface area contributed by atoms with Gasteiger partial charge in [-0.05, 0) is 12.1 Å². The Balaban J connectivity index is 1.55. The van der Waals surface area contributed by atoms with E-state index in [2.05, 4.69) is 22.1 Å². The maximum absolute atomic E-state index is 12.2. The van der Waals surface area contributed by atoms with Gasteiger partial charge in [0.05, 0.1) is 12.2 Å². The monoisotopic (exact) mass is 393 g/mol. The molecule has 27 heavy (non-hydrogen) atoms. The van der Waals surface area contributed by atoms with Gasteiger partial charge < -0.3 is 5.32 Å². The molecule has 0 saturated heterocycles. The summed E-state index contributed by atoms with van der Waals surface area (Å²) in [6, 6.07) is 16.8. The van der Waals surface area contributed by atoms with Gasteiger partial charge >= 0.3 is 0 Å². The first-order valence-corrected chi connectivity index (χ1v) is 9.28. The smallest absolute Gasteiger partial charge is 0.281 e. The number of aromatic nitrogens is 1. The Kier molecular flexibility index (Phi) is 6.28. The van der Waals surface area contributed by atoms with Crippen LogP contribution in [0, 0.1) is 11.8 Å². The van der Waals surface area contributed by atoms with E-state index in [1.807, 2.05) is 41.2 Å². The Bertz CT molecular complexity index is 1000. The topological polar surface area (TPSA) is 74.2 Å². The van der Waals surface area contributed by atoms with Crippen LogP contribution in [0.15, 0.2) is 60.0 Å². The summed E-state index contributed by atoms with van der Waals surface area (Å²) in [5, 5.41) is 13.8. The number of thiocarbonyl (C=S) groups is 1. The quantitative estimate of drug-likeness (QED) is 0.360. The van der Waals surface area contributed by atoms with Gasteiger partial charge in [0.25, 0.3) is 5.91 Å². The summed E-state index contributed by atoms with van der Waals surface area (Å²) >= 11 is 6.23. The summed E-state index contributed by atoms with van der Waals surface area (Å²) in [7, 11) is 0. The van der Waals surface area contributed by atoms with Crippen LogP contribution in [0.4, 0.5) is 0 Å². The van der Waals surface area contributed by atoms with Crippen LogP contribution in [0.3, 0.4) is 0 Å². The van der Waals surface area contributed by atoms with E-state index in [4.69, 9.17) is 17.4 Å². The summed E-state index contributed by atoms with van der Waals surface area (Å²) in [6.07, 6.45) is 0. The van der Waals surface area contributed by atoms with Crippen LogP contribution in [0.25, 0.3) is 11.3 Å². The van der Waals surface area contributed by atoms with Crippen molar-refractivity contribution in [2.24, 2.45) is 0 Å². The minimum Gasteiger partial charge on any atom is -0.339 e. The van der Waals surface area contributed by atoms with Crippen LogP contribution in [0.5, 0.6) is 0 Å². The molecule has 3 N–H and O–H groups in total. The van der Waals surface area contributed by atoms with Gasteiger partial charge in [0.2, 0.25) is 0 Å². The van der Waals surface area contributed by atoms with E-state index in [9.17, 15) is 4.79 Å². The molecule has 0 aliphatic carbocycles. The lowest BCUT2D eigenvalue weighted by atomic mass is 10.1. The molecule has 2 aromatic carbocycles. The minimum absolute atomic E-state index is 0.220. The first-order chi connectivity index (χ1) is 13.2. The Morgan fingerprint density at radius 3 is 2.59 bits per heavy atom. The van der Waals surface area contributed by atoms with Crippen molar-refractivity contribution in [3.63, 3.8) is 0 Å². The molecule has 0 unspecified atom stereocenters. The summed E-state index contributed by atoms with van der Waals surface area (Å²) in [6.45, 7) is 0.220. The normalized spacial score (nSPS) is 9.81. The fourth-order valence-corrected chi connectivity index (χ4v) is 3.11. The third-order valence-corrected chi connectivity index (χ3v) is 4.75. The first kappa shape index (κ1) is 18.7. The molecule has 5 nitrogen and oxygen atoms in total. The summed E-state index contributed by atoms with van der Waals surface area (Å²) in [4.78, 5) is 16.8. The van der Waals surface area contributed by atoms with Crippen LogP contribution in [-0.4, -0.2) is 27.6 Å². The molecule has 0 aliphatic rings. The number of carbonyl (C=O) groups is 1. The number of rotatable bonds is 4. The average molecular weight is 393 g/mol. The summed E-state index contributed by atoms with van der Waals surface area (Å²) in [5.41, 5.74) is 5.18. The fraction of sp³-hybridized carbons (Fsp3) is 0.0500. The number of amides is 1. The molecule has 0 fully saturated rings. The van der Waals surface area contributed by atoms with Gasteiger partial charge in [0.15, 0.2) is 5.01 Å². The molecule has 0 aliphatic heterocycles. The Hall–Kier alpha value is -3.05. The highest BCUT2D eigenvalue weighted by atomic mass is 32.1. The van der Waals surface area contributed by atoms with Gasteiger partial charge in [0.1, 0.15) is 4.99 Å². The lowest BCUT2D eigenvalue weighted by molar-refractivity contribution is 0.0958. The average Bonchev–Trinajstić information content (AvgIpc) is 3.22. The third kappa shape index (κ3) is 4.99. The molecule has 1 heterocycles. The highest BCUT2D eigenvalue weighted by Crippen LogP contribution is 2.21. The predicted molar refractivity (Wildman–Crippen MR) is 110 cm³/mol. The van der Waals surface area contributed by atoms with Crippen LogP contribution in [0.1, 0.15) is 20.9 Å². The van der Waals surface area contributed by atoms with Crippen molar-refractivity contribution in [1.82, 2.24) is 15.8 Å². The summed E-state index contributed by atoms with van der Waals surface area (Å²) in [5.74, 6) is 5.62. The number of hydrogen-bond donors (Lipinski definition) is 3. The lowest BCUT2D eigenvalue weighted by Crippen LogP contribution is -2.23. The number of hydrogen-bond acceptors (Lipinski definition) is 5. The Labute approximate surface area is 166 Å². The molecule has 1 aromatic heterocycles. The molecule has 0 atom stereocenters. The van der Waals surface area contributed by atoms with E-state index < -0.39 is 0 Å². The van der Waals surface area contributed by atoms with Crippen LogP contribution >= 0.6 is 23.6 Å². The lowest BCUT2D eigenvalue weighted by Gasteiger charge is -2.00. The number of hydroxylamine groups is 1. The third-order valence-electron chi connectivity index (χ3n) is 3.59. The van der Waals surface area contributed by atoms with E-state index in [1.54, 1.807) is 24.3 Å². The van der Waals surface area contributed by atoms with Crippen molar-refractivity contribution in [1.29, 1.82) is 0 Å². The first-order valence-electron chi connectivity index (χ1n) is 8.00. The van der Waals surface area contributed by atoms with Crippen LogP contribution in [0.2, 0.25) is 0 Å². The molecular formula is C20H15N3O2S2. The molecule has 3 rings (SSSR count). The predicted octanol–water partition coefficient (Wildman–Crippen LogP) is 3.25. The van der Waals surface area contributed by atoms with Gasteiger partial charge in [-0.3, -0.25) is 15.5 Å². The zero-order valence-electron chi connectivity index (χ0n) is 14.1. The van der Waals surface area contributed by atoms with E-state index in [0.29, 0.717) is 10.6 Å². The molecule has 0 spiro atoms. The van der Waals surface area contributed by atoms with E-state index in [1.165, 1.54) is 11.3 Å². The zero-order valence-corrected chi connectivity index (χ0v) is 15.7. The second kappa shape index (κ2) is 9.05. The van der Waals surface area contributed by atoms with Crippen molar-refractivity contribution < 1.29 is 10.0 Å². The maximum atomic E-state index is 12.2. The molecule has 7 heteroatoms. The van der Waals surface area contributed by atoms with Crippen molar-refractivity contribution in [2.75, 3.05) is 6.54 Å². The van der Waals surface area contributed by atoms with Crippen LogP contribution in [-0.2, 0) is 0 Å². The fourth-order valence-electron chi connectivity index (χ4n) is 2.24. The molecule has 3 aromatic rings. The van der Waals surface area contributed by atoms with Gasteiger partial charge in [-0.15, -0.1) is 11.3 Å². The highest BCUT2D eigenvalue weighted by molar-refractivity contribution is 7.80. The van der Waals surface area contributed by atoms with Gasteiger partial charge in [-0.2, -0.15) is 0 Å². The van der Waals surface area contributed by atoms with E-state index in [0.717, 1.165) is 16.8 Å². The molecule has 0 radical (unpaired) electrons. The molecule has 0 bridgehead atoms. The van der Waals surface area contributed by atoms with E-state index in [-0.39, 0.29) is 17.4 Å². The van der Waals surface area contributed by atoms with Crippen molar-refractivity contribution >= 4 is 34.5 Å². The number of nitrogens with zero attached hydrogens (tertiary/aromatic N) is 1. The van der Waals surface area contributed by atoms with Crippen LogP contribution < -0.4 is 10.8 Å². The van der Waals surface area contributed by atoms with E-state index >= 15 is 0 Å². The largest absolute Gasteiger partial charge is 0.339 e. The standard InChI is InChI=1S/C20H15N3O2S2/c24-18(20-22-17(13-27-20)15-6-2-1-3-7-15)21-12-4-5-14-8-10-16(11-9-14)19(26)23-25/h1-3,6-11,13,25H,12H2,(H,21,24)(H,23,26). The molecular weight excluding hydrogens is 378 g/mol. The maximum Gasteiger partial charge on any atom is 0.281 e. The number of carbonyl (C=O) groups excluding carboxylic acids is 1. The molecule has 0 saturated carbocycles. The van der Waals surface area contributed by atoms with Gasteiger partial charge in [-0.25, -0.2) is 4.98 Å². The minimum atomic E-state index is -0.244. The Morgan fingerprint density at radius 2 is 1.89 bits per heavy atom. The van der Waals surface area contributed by atoms with Crippen molar-refractivity contribution in [2.45, 2.75) is 0 Å². The molecule has 134 valence electrons. The Morgan fingerprint density at radius 1 is 1.15 bits per heavy atom. The van der Waals surface area contributed by atoms with Crippen molar-refractivity contribution in [3.05, 3.63) is 76.1 Å². The second-order valence-corrected chi connectivity index (χ2v) is 6.67. The number of benzene rings is 2. The SMILES string of the molecule is O=C(NCC#Cc1ccc(C(=S)NO)cc1)c1nc(-c2ccccc2)cs1. The highest BCUT2D eigenvalue weighted by Gasteiger charge is 2.10.